The number of fused-ring (bicyclic) bond motifs is 10. The molecule has 0 atom stereocenters. The molecular formula is C136H86N2O4. The van der Waals surface area contributed by atoms with E-state index in [-0.39, 0.29) is 0 Å². The molecule has 6 heteroatoms. The van der Waals surface area contributed by atoms with Crippen molar-refractivity contribution in [2.45, 2.75) is 0 Å². The van der Waals surface area contributed by atoms with E-state index >= 15 is 0 Å². The van der Waals surface area contributed by atoms with Crippen LogP contribution in [0.4, 0.5) is 34.1 Å². The van der Waals surface area contributed by atoms with Crippen LogP contribution in [0, 0.1) is 0 Å². The molecule has 0 spiro atoms. The predicted molar refractivity (Wildman–Crippen MR) is 594 cm³/mol. The summed E-state index contributed by atoms with van der Waals surface area (Å²) in [5.74, 6) is 3.44. The molecule has 4 aromatic heterocycles. The van der Waals surface area contributed by atoms with Gasteiger partial charge in [-0.3, -0.25) is 0 Å². The van der Waals surface area contributed by atoms with Crippen LogP contribution < -0.4 is 9.80 Å². The first kappa shape index (κ1) is 82.6. The van der Waals surface area contributed by atoms with Crippen LogP contribution in [0.2, 0.25) is 0 Å². The highest BCUT2D eigenvalue weighted by Crippen LogP contribution is 2.59. The molecule has 24 aromatic carbocycles. The Balaban J connectivity index is 0.000000142. The van der Waals surface area contributed by atoms with Crippen LogP contribution in [0.1, 0.15) is 0 Å². The van der Waals surface area contributed by atoms with Crippen LogP contribution in [0.25, 0.3) is 243 Å². The van der Waals surface area contributed by atoms with Gasteiger partial charge in [-0.15, -0.1) is 0 Å². The molecule has 0 amide bonds. The molecule has 0 saturated carbocycles. The molecule has 0 radical (unpaired) electrons. The molecule has 0 unspecified atom stereocenters. The second-order valence-electron chi connectivity index (χ2n) is 36.6. The minimum atomic E-state index is 0.820. The van der Waals surface area contributed by atoms with Gasteiger partial charge < -0.3 is 27.5 Å². The van der Waals surface area contributed by atoms with Gasteiger partial charge in [-0.1, -0.05) is 413 Å². The van der Waals surface area contributed by atoms with Gasteiger partial charge in [0.1, 0.15) is 45.4 Å². The van der Waals surface area contributed by atoms with Crippen LogP contribution in [0.3, 0.4) is 0 Å². The fourth-order valence-electron chi connectivity index (χ4n) is 22.3. The second-order valence-corrected chi connectivity index (χ2v) is 36.6. The number of furan rings is 4. The second kappa shape index (κ2) is 34.7. The lowest BCUT2D eigenvalue weighted by Gasteiger charge is -2.32. The standard InChI is InChI=1S/C70H48N2O2.C66H38O2/c1-9-25-49(26-10-1)67-61-45-53(41-43-65(61)73-69(67)51-29-13-3-14-30-51)59-47-64(72(57-37-21-7-22-38-57)58-39-23-8-24-40-58)60(48-63(59)71(55-33-17-5-18-34-55)56-35-19-6-20-36-56)54-42-44-66-62(46-54)68(50-27-11-2-12-28-50)70(74-66)52-31-15-4-16-32-52;1-5-17-41(18-6-1)57-51-37-45(33-35-53(51)67-65(57)43-21-9-3-10-22-43)59-61-47-29-13-25-39-27-15-31-49(55(39)47)63(61)60(64-50-32-16-28-40-26-14-30-48(56(40)50)62(59)64)46-34-36-54-52(38-46)58(42-19-7-2-8-20-42)66(68-54)44-23-11-4-12-24-44/h1-48H;1-38H. The minimum Gasteiger partial charge on any atom is -0.455 e. The third kappa shape index (κ3) is 14.0. The zero-order valence-corrected chi connectivity index (χ0v) is 77.2. The molecule has 6 nitrogen and oxygen atoms in total. The lowest BCUT2D eigenvalue weighted by Crippen LogP contribution is -2.14. The van der Waals surface area contributed by atoms with Crippen LogP contribution in [-0.4, -0.2) is 0 Å². The topological polar surface area (TPSA) is 59.0 Å². The summed E-state index contributed by atoms with van der Waals surface area (Å²) in [7, 11) is 0. The Labute approximate surface area is 820 Å². The van der Waals surface area contributed by atoms with E-state index in [0.29, 0.717) is 0 Å². The van der Waals surface area contributed by atoms with Crippen molar-refractivity contribution in [3.8, 4) is 134 Å². The average molecular weight is 1810 g/mol. The van der Waals surface area contributed by atoms with E-state index in [1.54, 1.807) is 0 Å². The normalized spacial score (nSPS) is 11.7. The first-order valence-electron chi connectivity index (χ1n) is 48.5. The first-order valence-corrected chi connectivity index (χ1v) is 48.5. The molecule has 0 bridgehead atoms. The summed E-state index contributed by atoms with van der Waals surface area (Å²) >= 11 is 0. The first-order chi connectivity index (χ1) is 70.5. The summed E-state index contributed by atoms with van der Waals surface area (Å²) in [5.41, 5.74) is 31.4. The fraction of sp³-hybridized carbons (Fsp3) is 0. The van der Waals surface area contributed by atoms with Gasteiger partial charge in [0, 0.05) is 99.9 Å². The number of hydrogen-bond donors (Lipinski definition) is 0. The van der Waals surface area contributed by atoms with Crippen molar-refractivity contribution in [3.05, 3.63) is 522 Å². The Bertz CT molecular complexity index is 8840. The smallest absolute Gasteiger partial charge is 0.143 e. The van der Waals surface area contributed by atoms with Gasteiger partial charge in [-0.2, -0.15) is 0 Å². The fourth-order valence-corrected chi connectivity index (χ4v) is 22.3. The average Bonchev–Trinajstić information content (AvgIpc) is 1.51. The van der Waals surface area contributed by atoms with Crippen molar-refractivity contribution in [1.29, 1.82) is 0 Å². The number of nitrogens with zero attached hydrogens (tertiary/aromatic N) is 2. The lowest BCUT2D eigenvalue weighted by atomic mass is 9.86. The van der Waals surface area contributed by atoms with Gasteiger partial charge in [0.2, 0.25) is 0 Å². The van der Waals surface area contributed by atoms with Gasteiger partial charge in [0.05, 0.1) is 11.4 Å². The Morgan fingerprint density at radius 2 is 0.338 bits per heavy atom. The van der Waals surface area contributed by atoms with Gasteiger partial charge >= 0.3 is 0 Å². The van der Waals surface area contributed by atoms with Crippen molar-refractivity contribution in [2.24, 2.45) is 0 Å². The quantitative estimate of drug-likeness (QED) is 0.0853. The maximum absolute atomic E-state index is 6.89. The van der Waals surface area contributed by atoms with Crippen LogP contribution >= 0.6 is 0 Å². The molecule has 142 heavy (non-hydrogen) atoms. The predicted octanol–water partition coefficient (Wildman–Crippen LogP) is 39.1. The van der Waals surface area contributed by atoms with E-state index in [9.17, 15) is 0 Å². The molecule has 664 valence electrons. The van der Waals surface area contributed by atoms with Crippen molar-refractivity contribution < 1.29 is 17.7 Å². The Hall–Kier alpha value is -18.9. The van der Waals surface area contributed by atoms with E-state index in [4.69, 9.17) is 17.7 Å². The van der Waals surface area contributed by atoms with Crippen LogP contribution in [-0.2, 0) is 0 Å². The molecule has 0 saturated heterocycles. The molecule has 28 aromatic rings. The van der Waals surface area contributed by atoms with Crippen molar-refractivity contribution >= 4 is 143 Å². The SMILES string of the molecule is c1ccc(-c2oc3ccc(-c4c5c6cccc7cccc(c5c(-c5ccc8oc(-c9ccccc9)c(-c9ccccc9)c8c5)c5c8cccc9cccc(c45)c98)c76)cc3c2-c2ccccc2)cc1.c1ccc(-c2oc3ccc(-c4cc(N(c5ccccc5)c5ccccc5)c(-c5ccc6oc(-c7ccccc7)c(-c7ccccc7)c6c5)cc4N(c4ccccc4)c4ccccc4)cc3c2-c2ccccc2)cc1. The number of para-hydroxylation sites is 4. The number of benzene rings is 22. The van der Waals surface area contributed by atoms with E-state index in [1.807, 2.05) is 12.1 Å². The highest BCUT2D eigenvalue weighted by molar-refractivity contribution is 6.47. The van der Waals surface area contributed by atoms with E-state index in [1.165, 1.54) is 75.8 Å². The third-order valence-electron chi connectivity index (χ3n) is 28.4. The van der Waals surface area contributed by atoms with Gasteiger partial charge in [-0.25, -0.2) is 0 Å². The monoisotopic (exact) mass is 1810 g/mol. The zero-order valence-electron chi connectivity index (χ0n) is 77.2. The molecule has 0 aliphatic heterocycles. The van der Waals surface area contributed by atoms with Crippen LogP contribution in [0.15, 0.2) is 539 Å². The minimum absolute atomic E-state index is 0.820. The van der Waals surface area contributed by atoms with Crippen molar-refractivity contribution in [3.63, 3.8) is 0 Å². The summed E-state index contributed by atoms with van der Waals surface area (Å²) in [6.45, 7) is 0. The van der Waals surface area contributed by atoms with Gasteiger partial charge in [-0.05, 0) is 229 Å². The lowest BCUT2D eigenvalue weighted by molar-refractivity contribution is 0.632. The summed E-state index contributed by atoms with van der Waals surface area (Å²) in [6, 6.07) is 187. The van der Waals surface area contributed by atoms with E-state index < -0.39 is 0 Å². The summed E-state index contributed by atoms with van der Waals surface area (Å²) in [5, 5.41) is 19.4. The zero-order chi connectivity index (χ0) is 93.7. The Morgan fingerprint density at radius 3 is 0.570 bits per heavy atom. The van der Waals surface area contributed by atoms with E-state index in [0.717, 1.165) is 201 Å². The summed E-state index contributed by atoms with van der Waals surface area (Å²) < 4.78 is 27.5. The molecule has 0 N–H and O–H groups in total. The van der Waals surface area contributed by atoms with Crippen molar-refractivity contribution in [1.82, 2.24) is 0 Å². The molecule has 0 aliphatic carbocycles. The molecular weight excluding hydrogens is 1730 g/mol. The molecule has 28 rings (SSSR count). The molecule has 4 heterocycles. The molecule has 0 fully saturated rings. The summed E-state index contributed by atoms with van der Waals surface area (Å²) in [6.07, 6.45) is 0. The Kier molecular flexibility index (Phi) is 20.2. The highest BCUT2D eigenvalue weighted by Gasteiger charge is 2.33. The van der Waals surface area contributed by atoms with Crippen molar-refractivity contribution in [2.75, 3.05) is 9.80 Å². The van der Waals surface area contributed by atoms with E-state index in [2.05, 4.69) is 519 Å². The summed E-state index contributed by atoms with van der Waals surface area (Å²) in [4.78, 5) is 4.79. The number of hydrogen-bond acceptors (Lipinski definition) is 6. The number of anilines is 6. The number of rotatable bonds is 18. The Morgan fingerprint density at radius 1 is 0.134 bits per heavy atom. The van der Waals surface area contributed by atoms with Gasteiger partial charge in [0.15, 0.2) is 0 Å². The largest absolute Gasteiger partial charge is 0.455 e. The van der Waals surface area contributed by atoms with Gasteiger partial charge in [0.25, 0.3) is 0 Å². The maximum atomic E-state index is 6.89. The van der Waals surface area contributed by atoms with Crippen LogP contribution in [0.5, 0.6) is 0 Å². The third-order valence-corrected chi connectivity index (χ3v) is 28.4. The maximum Gasteiger partial charge on any atom is 0.143 e. The molecule has 0 aliphatic rings. The highest BCUT2D eigenvalue weighted by atomic mass is 16.3.